The maximum Gasteiger partial charge on any atom is 0.338 e. The van der Waals surface area contributed by atoms with Crippen LogP contribution in [0.5, 0.6) is 0 Å². The molecule has 1 aromatic rings. The van der Waals surface area contributed by atoms with Gasteiger partial charge in [0.2, 0.25) is 0 Å². The summed E-state index contributed by atoms with van der Waals surface area (Å²) in [6, 6.07) is 7.55. The normalized spacial score (nSPS) is 10.5. The Labute approximate surface area is 143 Å². The minimum atomic E-state index is -0.318. The molecule has 1 rings (SSSR count). The van der Waals surface area contributed by atoms with Crippen molar-refractivity contribution >= 4 is 27.5 Å². The summed E-state index contributed by atoms with van der Waals surface area (Å²) >= 11 is 3.39. The molecule has 0 saturated heterocycles. The van der Waals surface area contributed by atoms with E-state index in [1.807, 2.05) is 24.3 Å². The fourth-order valence-corrected chi connectivity index (χ4v) is 2.68. The summed E-state index contributed by atoms with van der Waals surface area (Å²) in [6.45, 7) is 6.55. The fourth-order valence-electron chi connectivity index (χ4n) is 2.28. The first-order chi connectivity index (χ1) is 10.6. The average Bonchev–Trinajstić information content (AvgIpc) is 2.52. The van der Waals surface area contributed by atoms with Crippen LogP contribution < -0.4 is 0 Å². The molecule has 0 saturated carbocycles. The van der Waals surface area contributed by atoms with Gasteiger partial charge in [-0.1, -0.05) is 86.5 Å². The zero-order chi connectivity index (χ0) is 16.2. The predicted molar refractivity (Wildman–Crippen MR) is 96.7 cm³/mol. The van der Waals surface area contributed by atoms with E-state index >= 15 is 0 Å². The Hall–Kier alpha value is -1.09. The van der Waals surface area contributed by atoms with E-state index in [9.17, 15) is 4.79 Å². The topological polar surface area (TPSA) is 26.3 Å². The highest BCUT2D eigenvalue weighted by molar-refractivity contribution is 9.10. The molecule has 0 unspecified atom stereocenters. The Morgan fingerprint density at radius 2 is 1.73 bits per heavy atom. The Morgan fingerprint density at radius 1 is 1.09 bits per heavy atom. The monoisotopic (exact) mass is 366 g/mol. The maximum atomic E-state index is 11.9. The number of rotatable bonds is 11. The zero-order valence-electron chi connectivity index (χ0n) is 13.6. The Morgan fingerprint density at radius 3 is 2.36 bits per heavy atom. The van der Waals surface area contributed by atoms with E-state index in [1.165, 1.54) is 38.5 Å². The second-order valence-corrected chi connectivity index (χ2v) is 6.52. The number of esters is 1. The molecule has 0 atom stereocenters. The molecule has 2 nitrogen and oxygen atoms in total. The van der Waals surface area contributed by atoms with Crippen LogP contribution in [0, 0.1) is 0 Å². The summed E-state index contributed by atoms with van der Waals surface area (Å²) in [5, 5.41) is 0. The van der Waals surface area contributed by atoms with Gasteiger partial charge >= 0.3 is 5.97 Å². The highest BCUT2D eigenvalue weighted by atomic mass is 79.9. The van der Waals surface area contributed by atoms with Gasteiger partial charge in [0.1, 0.15) is 0 Å². The van der Waals surface area contributed by atoms with Gasteiger partial charge in [0.15, 0.2) is 0 Å². The average molecular weight is 367 g/mol. The van der Waals surface area contributed by atoms with Gasteiger partial charge in [-0.2, -0.15) is 0 Å². The number of carbonyl (C=O) groups excluding carboxylic acids is 1. The summed E-state index contributed by atoms with van der Waals surface area (Å²) in [6.07, 6.45) is 9.89. The van der Waals surface area contributed by atoms with Crippen LogP contribution in [0.3, 0.4) is 0 Å². The van der Waals surface area contributed by atoms with E-state index in [0.29, 0.717) is 12.2 Å². The lowest BCUT2D eigenvalue weighted by Gasteiger charge is -2.07. The lowest BCUT2D eigenvalue weighted by atomic mass is 10.1. The van der Waals surface area contributed by atoms with Crippen LogP contribution in [0.4, 0.5) is 0 Å². The summed E-state index contributed by atoms with van der Waals surface area (Å²) < 4.78 is 6.22. The number of hydrogen-bond donors (Lipinski definition) is 0. The Balaban J connectivity index is 2.12. The second kappa shape index (κ2) is 11.5. The number of unbranched alkanes of at least 4 members (excludes halogenated alkanes) is 7. The minimum absolute atomic E-state index is 0.318. The van der Waals surface area contributed by atoms with Crippen LogP contribution in [-0.2, 0) is 9.53 Å². The second-order valence-electron chi connectivity index (χ2n) is 5.60. The molecule has 0 spiro atoms. The molecule has 3 heteroatoms. The van der Waals surface area contributed by atoms with Crippen molar-refractivity contribution in [1.82, 2.24) is 0 Å². The number of carbonyl (C=O) groups is 1. The number of hydrogen-bond acceptors (Lipinski definition) is 2. The molecule has 0 heterocycles. The first-order valence-corrected chi connectivity index (χ1v) is 9.06. The minimum Gasteiger partial charge on any atom is -0.462 e. The van der Waals surface area contributed by atoms with Gasteiger partial charge in [-0.15, -0.1) is 0 Å². The first kappa shape index (κ1) is 19.0. The van der Waals surface area contributed by atoms with Crippen molar-refractivity contribution in [1.29, 1.82) is 0 Å². The summed E-state index contributed by atoms with van der Waals surface area (Å²) in [4.78, 5) is 11.9. The maximum absolute atomic E-state index is 11.9. The Bertz CT molecular complexity index is 468. The van der Waals surface area contributed by atoms with Crippen LogP contribution in [0.25, 0.3) is 5.57 Å². The van der Waals surface area contributed by atoms with Gasteiger partial charge in [-0.3, -0.25) is 0 Å². The SMILES string of the molecule is C=C(C(=O)OCCCCCCCCCC)c1cccc(Br)c1. The van der Waals surface area contributed by atoms with E-state index in [1.54, 1.807) is 0 Å². The van der Waals surface area contributed by atoms with Crippen molar-refractivity contribution in [3.8, 4) is 0 Å². The van der Waals surface area contributed by atoms with E-state index in [4.69, 9.17) is 4.74 Å². The van der Waals surface area contributed by atoms with Gasteiger partial charge in [0, 0.05) is 4.47 Å². The standard InChI is InChI=1S/C19H27BrO2/c1-3-4-5-6-7-8-9-10-14-22-19(21)16(2)17-12-11-13-18(20)15-17/h11-13,15H,2-10,14H2,1H3. The van der Waals surface area contributed by atoms with Gasteiger partial charge in [-0.25, -0.2) is 4.79 Å². The molecule has 0 amide bonds. The highest BCUT2D eigenvalue weighted by Crippen LogP contribution is 2.19. The molecule has 0 radical (unpaired) electrons. The third kappa shape index (κ3) is 7.79. The van der Waals surface area contributed by atoms with Gasteiger partial charge in [0.05, 0.1) is 12.2 Å². The van der Waals surface area contributed by atoms with Crippen LogP contribution in [0.1, 0.15) is 63.9 Å². The predicted octanol–water partition coefficient (Wildman–Crippen LogP) is 6.15. The zero-order valence-corrected chi connectivity index (χ0v) is 15.2. The van der Waals surface area contributed by atoms with Crippen LogP contribution in [0.15, 0.2) is 35.3 Å². The molecule has 0 aliphatic rings. The van der Waals surface area contributed by atoms with E-state index in [-0.39, 0.29) is 5.97 Å². The lowest BCUT2D eigenvalue weighted by molar-refractivity contribution is -0.136. The summed E-state index contributed by atoms with van der Waals surface area (Å²) in [7, 11) is 0. The number of halogens is 1. The largest absolute Gasteiger partial charge is 0.462 e. The van der Waals surface area contributed by atoms with Crippen molar-refractivity contribution in [2.75, 3.05) is 6.61 Å². The summed E-state index contributed by atoms with van der Waals surface area (Å²) in [5.74, 6) is -0.318. The molecule has 0 aromatic heterocycles. The molecule has 0 aliphatic carbocycles. The smallest absolute Gasteiger partial charge is 0.338 e. The fraction of sp³-hybridized carbons (Fsp3) is 0.526. The van der Waals surface area contributed by atoms with Crippen LogP contribution in [-0.4, -0.2) is 12.6 Å². The summed E-state index contributed by atoms with van der Waals surface area (Å²) in [5.41, 5.74) is 1.22. The molecule has 0 bridgehead atoms. The van der Waals surface area contributed by atoms with Gasteiger partial charge in [-0.05, 0) is 24.1 Å². The highest BCUT2D eigenvalue weighted by Gasteiger charge is 2.10. The van der Waals surface area contributed by atoms with Crippen molar-refractivity contribution in [2.45, 2.75) is 58.3 Å². The van der Waals surface area contributed by atoms with E-state index < -0.39 is 0 Å². The van der Waals surface area contributed by atoms with Gasteiger partial charge < -0.3 is 4.74 Å². The van der Waals surface area contributed by atoms with Crippen molar-refractivity contribution in [2.24, 2.45) is 0 Å². The van der Waals surface area contributed by atoms with E-state index in [2.05, 4.69) is 29.4 Å². The molecular formula is C19H27BrO2. The van der Waals surface area contributed by atoms with Crippen molar-refractivity contribution in [3.63, 3.8) is 0 Å². The first-order valence-electron chi connectivity index (χ1n) is 8.27. The van der Waals surface area contributed by atoms with Crippen LogP contribution in [0.2, 0.25) is 0 Å². The third-order valence-electron chi connectivity index (χ3n) is 3.65. The van der Waals surface area contributed by atoms with Crippen molar-refractivity contribution < 1.29 is 9.53 Å². The number of benzene rings is 1. The molecule has 0 aliphatic heterocycles. The quantitative estimate of drug-likeness (QED) is 0.266. The molecule has 0 fully saturated rings. The molecule has 0 N–H and O–H groups in total. The molecule has 22 heavy (non-hydrogen) atoms. The van der Waals surface area contributed by atoms with Crippen LogP contribution >= 0.6 is 15.9 Å². The van der Waals surface area contributed by atoms with E-state index in [0.717, 1.165) is 22.9 Å². The third-order valence-corrected chi connectivity index (χ3v) is 4.14. The Kier molecular flexibility index (Phi) is 9.89. The molecule has 122 valence electrons. The molecule has 1 aromatic carbocycles. The molecular weight excluding hydrogens is 340 g/mol. The van der Waals surface area contributed by atoms with Gasteiger partial charge in [0.25, 0.3) is 0 Å². The van der Waals surface area contributed by atoms with Crippen molar-refractivity contribution in [3.05, 3.63) is 40.9 Å². The lowest BCUT2D eigenvalue weighted by Crippen LogP contribution is -2.07. The number of ether oxygens (including phenoxy) is 1.